The zero-order valence-electron chi connectivity index (χ0n) is 13.8. The fourth-order valence-electron chi connectivity index (χ4n) is 2.67. The summed E-state index contributed by atoms with van der Waals surface area (Å²) >= 11 is 6.15. The van der Waals surface area contributed by atoms with Crippen LogP contribution >= 0.6 is 11.6 Å². The molecule has 0 atom stereocenters. The number of hydrogen-bond donors (Lipinski definition) is 1. The zero-order chi connectivity index (χ0) is 17.3. The average Bonchev–Trinajstić information content (AvgIpc) is 3.03. The number of carbonyl (C=O) groups is 1. The minimum Gasteiger partial charge on any atom is -0.451 e. The van der Waals surface area contributed by atoms with E-state index < -0.39 is 0 Å². The van der Waals surface area contributed by atoms with E-state index in [-0.39, 0.29) is 11.7 Å². The zero-order valence-corrected chi connectivity index (χ0v) is 14.6. The molecule has 1 N–H and O–H groups in total. The molecule has 3 rings (SSSR count). The predicted molar refractivity (Wildman–Crippen MR) is 97.8 cm³/mol. The SMILES string of the molecule is Cc1cccc(C)c1NC(=O)c1ccc(-c2cccc(Cl)c2C)o1. The van der Waals surface area contributed by atoms with E-state index in [1.165, 1.54) is 0 Å². The summed E-state index contributed by atoms with van der Waals surface area (Å²) in [7, 11) is 0. The molecule has 1 heterocycles. The molecule has 3 aromatic rings. The fraction of sp³-hybridized carbons (Fsp3) is 0.150. The fourth-order valence-corrected chi connectivity index (χ4v) is 2.84. The number of halogens is 1. The normalized spacial score (nSPS) is 10.7. The van der Waals surface area contributed by atoms with Gasteiger partial charge in [0.2, 0.25) is 0 Å². The molecule has 0 aliphatic heterocycles. The molecule has 0 unspecified atom stereocenters. The summed E-state index contributed by atoms with van der Waals surface area (Å²) in [6.45, 7) is 5.85. The van der Waals surface area contributed by atoms with Gasteiger partial charge in [-0.2, -0.15) is 0 Å². The Labute approximate surface area is 146 Å². The number of hydrogen-bond acceptors (Lipinski definition) is 2. The number of para-hydroxylation sites is 1. The molecule has 0 saturated heterocycles. The Kier molecular flexibility index (Phi) is 4.45. The molecule has 0 radical (unpaired) electrons. The van der Waals surface area contributed by atoms with Crippen molar-refractivity contribution in [3.05, 3.63) is 76.0 Å². The second-order valence-electron chi connectivity index (χ2n) is 5.80. The first-order valence-electron chi connectivity index (χ1n) is 7.70. The van der Waals surface area contributed by atoms with Gasteiger partial charge in [-0.25, -0.2) is 0 Å². The van der Waals surface area contributed by atoms with Gasteiger partial charge in [0.05, 0.1) is 0 Å². The Morgan fingerprint density at radius 3 is 2.33 bits per heavy atom. The lowest BCUT2D eigenvalue weighted by Gasteiger charge is -2.10. The number of rotatable bonds is 3. The van der Waals surface area contributed by atoms with Gasteiger partial charge in [0.15, 0.2) is 5.76 Å². The van der Waals surface area contributed by atoms with Crippen LogP contribution in [0.1, 0.15) is 27.2 Å². The van der Waals surface area contributed by atoms with Crippen molar-refractivity contribution in [3.63, 3.8) is 0 Å². The Bertz CT molecular complexity index is 892. The first-order chi connectivity index (χ1) is 11.5. The number of nitrogens with one attached hydrogen (secondary N) is 1. The third-order valence-corrected chi connectivity index (χ3v) is 4.49. The van der Waals surface area contributed by atoms with Gasteiger partial charge in [0.1, 0.15) is 5.76 Å². The van der Waals surface area contributed by atoms with Crippen molar-refractivity contribution >= 4 is 23.2 Å². The van der Waals surface area contributed by atoms with Crippen molar-refractivity contribution < 1.29 is 9.21 Å². The molecule has 24 heavy (non-hydrogen) atoms. The van der Waals surface area contributed by atoms with E-state index in [1.54, 1.807) is 12.1 Å². The maximum absolute atomic E-state index is 12.5. The number of aryl methyl sites for hydroxylation is 2. The summed E-state index contributed by atoms with van der Waals surface area (Å²) in [6.07, 6.45) is 0. The van der Waals surface area contributed by atoms with E-state index in [9.17, 15) is 4.79 Å². The Morgan fingerprint density at radius 1 is 0.958 bits per heavy atom. The van der Waals surface area contributed by atoms with E-state index in [0.29, 0.717) is 10.8 Å². The van der Waals surface area contributed by atoms with Crippen LogP contribution in [0.25, 0.3) is 11.3 Å². The summed E-state index contributed by atoms with van der Waals surface area (Å²) in [5.41, 5.74) is 4.66. The molecule has 0 aliphatic rings. The third-order valence-electron chi connectivity index (χ3n) is 4.08. The minimum absolute atomic E-state index is 0.265. The summed E-state index contributed by atoms with van der Waals surface area (Å²) in [5, 5.41) is 3.60. The highest BCUT2D eigenvalue weighted by Crippen LogP contribution is 2.30. The third kappa shape index (κ3) is 3.08. The largest absolute Gasteiger partial charge is 0.451 e. The maximum Gasteiger partial charge on any atom is 0.291 e. The predicted octanol–water partition coefficient (Wildman–Crippen LogP) is 5.78. The first-order valence-corrected chi connectivity index (χ1v) is 8.08. The molecule has 0 fully saturated rings. The number of amides is 1. The molecule has 1 amide bonds. The number of carbonyl (C=O) groups excluding carboxylic acids is 1. The summed E-state index contributed by atoms with van der Waals surface area (Å²) in [5.74, 6) is 0.631. The van der Waals surface area contributed by atoms with Gasteiger partial charge >= 0.3 is 0 Å². The summed E-state index contributed by atoms with van der Waals surface area (Å²) < 4.78 is 5.75. The highest BCUT2D eigenvalue weighted by molar-refractivity contribution is 6.31. The van der Waals surface area contributed by atoms with Crippen molar-refractivity contribution in [1.29, 1.82) is 0 Å². The molecule has 0 spiro atoms. The summed E-state index contributed by atoms with van der Waals surface area (Å²) in [6, 6.07) is 15.0. The molecule has 0 aliphatic carbocycles. The van der Waals surface area contributed by atoms with Crippen LogP contribution in [-0.4, -0.2) is 5.91 Å². The van der Waals surface area contributed by atoms with E-state index in [0.717, 1.165) is 27.9 Å². The van der Waals surface area contributed by atoms with Crippen molar-refractivity contribution in [2.75, 3.05) is 5.32 Å². The van der Waals surface area contributed by atoms with Crippen molar-refractivity contribution in [2.45, 2.75) is 20.8 Å². The molecule has 2 aromatic carbocycles. The highest BCUT2D eigenvalue weighted by Gasteiger charge is 2.15. The van der Waals surface area contributed by atoms with Gasteiger partial charge in [-0.1, -0.05) is 41.9 Å². The van der Waals surface area contributed by atoms with Crippen molar-refractivity contribution in [2.24, 2.45) is 0 Å². The van der Waals surface area contributed by atoms with Gasteiger partial charge in [-0.15, -0.1) is 0 Å². The molecule has 3 nitrogen and oxygen atoms in total. The monoisotopic (exact) mass is 339 g/mol. The topological polar surface area (TPSA) is 42.2 Å². The van der Waals surface area contributed by atoms with Gasteiger partial charge in [-0.05, 0) is 55.7 Å². The second-order valence-corrected chi connectivity index (χ2v) is 6.20. The van der Waals surface area contributed by atoms with Crippen molar-refractivity contribution in [1.82, 2.24) is 0 Å². The number of anilines is 1. The van der Waals surface area contributed by atoms with Crippen LogP contribution in [0, 0.1) is 20.8 Å². The Morgan fingerprint density at radius 2 is 1.62 bits per heavy atom. The van der Waals surface area contributed by atoms with Crippen LogP contribution in [0.15, 0.2) is 52.9 Å². The van der Waals surface area contributed by atoms with Gasteiger partial charge in [0.25, 0.3) is 5.91 Å². The molecule has 0 saturated carbocycles. The van der Waals surface area contributed by atoms with E-state index in [4.69, 9.17) is 16.0 Å². The van der Waals surface area contributed by atoms with Crippen LogP contribution in [0.4, 0.5) is 5.69 Å². The van der Waals surface area contributed by atoms with Crippen LogP contribution < -0.4 is 5.32 Å². The number of benzene rings is 2. The van der Waals surface area contributed by atoms with Gasteiger partial charge < -0.3 is 9.73 Å². The van der Waals surface area contributed by atoms with Crippen molar-refractivity contribution in [3.8, 4) is 11.3 Å². The lowest BCUT2D eigenvalue weighted by Crippen LogP contribution is -2.12. The molecular weight excluding hydrogens is 322 g/mol. The number of furan rings is 1. The smallest absolute Gasteiger partial charge is 0.291 e. The van der Waals surface area contributed by atoms with Crippen LogP contribution in [0.5, 0.6) is 0 Å². The van der Waals surface area contributed by atoms with Gasteiger partial charge in [-0.3, -0.25) is 4.79 Å². The Balaban J connectivity index is 1.88. The highest BCUT2D eigenvalue weighted by atomic mass is 35.5. The lowest BCUT2D eigenvalue weighted by molar-refractivity contribution is 0.0997. The first kappa shape index (κ1) is 16.3. The minimum atomic E-state index is -0.265. The van der Waals surface area contributed by atoms with Crippen LogP contribution in [0.2, 0.25) is 5.02 Å². The molecule has 0 bridgehead atoms. The average molecular weight is 340 g/mol. The standard InChI is InChI=1S/C20H18ClNO2/c1-12-6-4-7-13(2)19(12)22-20(23)18-11-10-17(24-18)15-8-5-9-16(21)14(15)3/h4-11H,1-3H3,(H,22,23). The van der Waals surface area contributed by atoms with E-state index in [1.807, 2.05) is 57.2 Å². The molecule has 1 aromatic heterocycles. The quantitative estimate of drug-likeness (QED) is 0.657. The molecule has 4 heteroatoms. The van der Waals surface area contributed by atoms with E-state index >= 15 is 0 Å². The lowest BCUT2D eigenvalue weighted by atomic mass is 10.1. The maximum atomic E-state index is 12.5. The van der Waals surface area contributed by atoms with E-state index in [2.05, 4.69) is 5.32 Å². The van der Waals surface area contributed by atoms with Crippen LogP contribution in [-0.2, 0) is 0 Å². The Hall–Kier alpha value is -2.52. The molecular formula is C20H18ClNO2. The molecule has 122 valence electrons. The van der Waals surface area contributed by atoms with Gasteiger partial charge in [0, 0.05) is 16.3 Å². The summed E-state index contributed by atoms with van der Waals surface area (Å²) in [4.78, 5) is 12.5. The second kappa shape index (κ2) is 6.54. The van der Waals surface area contributed by atoms with Crippen LogP contribution in [0.3, 0.4) is 0 Å².